The van der Waals surface area contributed by atoms with Gasteiger partial charge in [0.1, 0.15) is 6.61 Å². The molecule has 0 aromatic carbocycles. The summed E-state index contributed by atoms with van der Waals surface area (Å²) in [7, 11) is 0. The molecule has 0 saturated heterocycles. The molecule has 0 fully saturated rings. The minimum Gasteiger partial charge on any atom is -0.455 e. The van der Waals surface area contributed by atoms with Crippen molar-refractivity contribution in [2.24, 2.45) is 0 Å². The first-order valence-electron chi connectivity index (χ1n) is 3.07. The molecule has 1 heterocycles. The number of halogens is 3. The van der Waals surface area contributed by atoms with Crippen LogP contribution in [0.15, 0.2) is 11.8 Å². The lowest BCUT2D eigenvalue weighted by molar-refractivity contribution is -0.196. The molecule has 1 aliphatic rings. The molecule has 0 aromatic rings. The summed E-state index contributed by atoms with van der Waals surface area (Å²) in [5.74, 6) is -4.22. The Morgan fingerprint density at radius 2 is 2.15 bits per heavy atom. The van der Waals surface area contributed by atoms with Gasteiger partial charge in [-0.1, -0.05) is 0 Å². The van der Waals surface area contributed by atoms with E-state index in [0.717, 1.165) is 6.08 Å². The lowest BCUT2D eigenvalue weighted by Gasteiger charge is -2.04. The van der Waals surface area contributed by atoms with Crippen molar-refractivity contribution in [2.45, 2.75) is 6.18 Å². The Labute approximate surface area is 69.9 Å². The van der Waals surface area contributed by atoms with Crippen molar-refractivity contribution in [1.82, 2.24) is 0 Å². The maximum Gasteiger partial charge on any atom is 0.491 e. The first-order valence-corrected chi connectivity index (χ1v) is 3.07. The van der Waals surface area contributed by atoms with E-state index in [-0.39, 0.29) is 6.61 Å². The van der Waals surface area contributed by atoms with Gasteiger partial charge in [0.15, 0.2) is 0 Å². The van der Waals surface area contributed by atoms with Gasteiger partial charge in [-0.05, 0) is 0 Å². The molecule has 1 aliphatic heterocycles. The van der Waals surface area contributed by atoms with E-state index < -0.39 is 23.9 Å². The highest BCUT2D eigenvalue weighted by molar-refractivity contribution is 5.92. The fourth-order valence-corrected chi connectivity index (χ4v) is 0.589. The molecule has 0 aliphatic carbocycles. The first kappa shape index (κ1) is 9.56. The minimum atomic E-state index is -5.11. The molecule has 72 valence electrons. The molecule has 7 heteroatoms. The summed E-state index contributed by atoms with van der Waals surface area (Å²) in [4.78, 5) is 20.7. The van der Waals surface area contributed by atoms with Crippen LogP contribution in [0, 0.1) is 0 Å². The van der Waals surface area contributed by atoms with Crippen LogP contribution in [-0.4, -0.2) is 24.7 Å². The minimum absolute atomic E-state index is 0.181. The molecule has 0 atom stereocenters. The highest BCUT2D eigenvalue weighted by atomic mass is 19.4. The number of carbonyl (C=O) groups excluding carboxylic acids is 2. The topological polar surface area (TPSA) is 52.6 Å². The predicted molar refractivity (Wildman–Crippen MR) is 31.2 cm³/mol. The molecule has 4 nitrogen and oxygen atoms in total. The Morgan fingerprint density at radius 3 is 2.54 bits per heavy atom. The zero-order chi connectivity index (χ0) is 10.1. The van der Waals surface area contributed by atoms with Crippen LogP contribution in [0.1, 0.15) is 0 Å². The van der Waals surface area contributed by atoms with E-state index in [1.807, 2.05) is 0 Å². The molecule has 0 saturated carbocycles. The van der Waals surface area contributed by atoms with Crippen LogP contribution in [0.5, 0.6) is 0 Å². The molecule has 0 unspecified atom stereocenters. The number of hydrogen-bond donors (Lipinski definition) is 0. The fraction of sp³-hybridized carbons (Fsp3) is 0.333. The van der Waals surface area contributed by atoms with Crippen LogP contribution in [0.4, 0.5) is 13.2 Å². The summed E-state index contributed by atoms with van der Waals surface area (Å²) in [6.45, 7) is -0.181. The Bertz CT molecular complexity index is 278. The summed E-state index contributed by atoms with van der Waals surface area (Å²) in [5, 5.41) is 0. The van der Waals surface area contributed by atoms with Crippen LogP contribution < -0.4 is 0 Å². The Hall–Kier alpha value is -1.53. The third kappa shape index (κ3) is 2.20. The Morgan fingerprint density at radius 1 is 1.54 bits per heavy atom. The SMILES string of the molecule is O=C1OCC=C1OC(=O)C(F)(F)F. The average Bonchev–Trinajstić information content (AvgIpc) is 2.34. The van der Waals surface area contributed by atoms with Crippen molar-refractivity contribution in [2.75, 3.05) is 6.61 Å². The number of ether oxygens (including phenoxy) is 2. The standard InChI is InChI=1S/C6H3F3O4/c7-6(8,9)5(11)13-3-1-2-12-4(3)10/h1H,2H2. The van der Waals surface area contributed by atoms with Gasteiger partial charge in [-0.15, -0.1) is 0 Å². The molecule has 1 rings (SSSR count). The predicted octanol–water partition coefficient (Wildman–Crippen LogP) is 0.533. The van der Waals surface area contributed by atoms with E-state index >= 15 is 0 Å². The second kappa shape index (κ2) is 3.08. The molecular formula is C6H3F3O4. The second-order valence-electron chi connectivity index (χ2n) is 2.05. The van der Waals surface area contributed by atoms with Crippen molar-refractivity contribution < 1.29 is 32.2 Å². The third-order valence-electron chi connectivity index (χ3n) is 1.12. The van der Waals surface area contributed by atoms with Gasteiger partial charge in [-0.25, -0.2) is 9.59 Å². The van der Waals surface area contributed by atoms with Gasteiger partial charge < -0.3 is 9.47 Å². The zero-order valence-electron chi connectivity index (χ0n) is 6.05. The van der Waals surface area contributed by atoms with Crippen molar-refractivity contribution in [1.29, 1.82) is 0 Å². The highest BCUT2D eigenvalue weighted by Gasteiger charge is 2.43. The number of carbonyl (C=O) groups is 2. The number of rotatable bonds is 1. The molecular weight excluding hydrogens is 193 g/mol. The molecule has 0 N–H and O–H groups in total. The highest BCUT2D eigenvalue weighted by Crippen LogP contribution is 2.19. The number of cyclic esters (lactones) is 1. The van der Waals surface area contributed by atoms with E-state index in [1.54, 1.807) is 0 Å². The van der Waals surface area contributed by atoms with E-state index in [2.05, 4.69) is 9.47 Å². The molecule has 0 bridgehead atoms. The van der Waals surface area contributed by atoms with E-state index in [9.17, 15) is 22.8 Å². The molecule has 0 amide bonds. The summed E-state index contributed by atoms with van der Waals surface area (Å²) < 4.78 is 42.6. The maximum absolute atomic E-state index is 11.6. The molecule has 13 heavy (non-hydrogen) atoms. The average molecular weight is 196 g/mol. The number of hydrogen-bond acceptors (Lipinski definition) is 4. The molecule has 0 radical (unpaired) electrons. The quantitative estimate of drug-likeness (QED) is 0.574. The summed E-state index contributed by atoms with van der Waals surface area (Å²) in [6, 6.07) is 0. The molecule has 0 spiro atoms. The second-order valence-corrected chi connectivity index (χ2v) is 2.05. The number of alkyl halides is 3. The maximum atomic E-state index is 11.6. The van der Waals surface area contributed by atoms with E-state index in [0.29, 0.717) is 0 Å². The van der Waals surface area contributed by atoms with Crippen LogP contribution in [0.2, 0.25) is 0 Å². The Balaban J connectivity index is 2.60. The van der Waals surface area contributed by atoms with Gasteiger partial charge >= 0.3 is 18.1 Å². The molecule has 0 aromatic heterocycles. The Kier molecular flexibility index (Phi) is 2.26. The largest absolute Gasteiger partial charge is 0.491 e. The van der Waals surface area contributed by atoms with Gasteiger partial charge in [-0.3, -0.25) is 0 Å². The lowest BCUT2D eigenvalue weighted by atomic mass is 10.5. The van der Waals surface area contributed by atoms with Crippen LogP contribution in [0.3, 0.4) is 0 Å². The fourth-order valence-electron chi connectivity index (χ4n) is 0.589. The van der Waals surface area contributed by atoms with Crippen LogP contribution in [0.25, 0.3) is 0 Å². The summed E-state index contributed by atoms with van der Waals surface area (Å²) in [6.07, 6.45) is -4.16. The monoisotopic (exact) mass is 196 g/mol. The third-order valence-corrected chi connectivity index (χ3v) is 1.12. The van der Waals surface area contributed by atoms with Gasteiger partial charge in [0.25, 0.3) is 0 Å². The van der Waals surface area contributed by atoms with Gasteiger partial charge in [0.05, 0.1) is 0 Å². The van der Waals surface area contributed by atoms with Crippen molar-refractivity contribution in [3.05, 3.63) is 11.8 Å². The lowest BCUT2D eigenvalue weighted by Crippen LogP contribution is -2.26. The van der Waals surface area contributed by atoms with Crippen molar-refractivity contribution >= 4 is 11.9 Å². The van der Waals surface area contributed by atoms with Crippen LogP contribution in [-0.2, 0) is 19.1 Å². The first-order chi connectivity index (χ1) is 5.91. The van der Waals surface area contributed by atoms with Crippen molar-refractivity contribution in [3.8, 4) is 0 Å². The van der Waals surface area contributed by atoms with Gasteiger partial charge in [-0.2, -0.15) is 13.2 Å². The van der Waals surface area contributed by atoms with E-state index in [1.165, 1.54) is 0 Å². The summed E-state index contributed by atoms with van der Waals surface area (Å²) >= 11 is 0. The van der Waals surface area contributed by atoms with Crippen molar-refractivity contribution in [3.63, 3.8) is 0 Å². The number of esters is 2. The van der Waals surface area contributed by atoms with Gasteiger partial charge in [0, 0.05) is 6.08 Å². The summed E-state index contributed by atoms with van der Waals surface area (Å²) in [5.41, 5.74) is 0. The zero-order valence-corrected chi connectivity index (χ0v) is 6.05. The van der Waals surface area contributed by atoms with Gasteiger partial charge in [0.2, 0.25) is 5.76 Å². The van der Waals surface area contributed by atoms with E-state index in [4.69, 9.17) is 0 Å². The normalized spacial score (nSPS) is 16.5. The smallest absolute Gasteiger partial charge is 0.455 e. The van der Waals surface area contributed by atoms with Crippen LogP contribution >= 0.6 is 0 Å².